The third-order valence-electron chi connectivity index (χ3n) is 3.22. The highest BCUT2D eigenvalue weighted by Gasteiger charge is 2.15. The summed E-state index contributed by atoms with van der Waals surface area (Å²) < 4.78 is 5.53. The molecule has 2 heterocycles. The van der Waals surface area contributed by atoms with E-state index in [-0.39, 0.29) is 0 Å². The summed E-state index contributed by atoms with van der Waals surface area (Å²) in [6, 6.07) is 0. The molecule has 1 fully saturated rings. The molecular formula is C13H22N4OS. The zero-order chi connectivity index (χ0) is 13.7. The lowest BCUT2D eigenvalue weighted by molar-refractivity contribution is 0.463. The average Bonchev–Trinajstić information content (AvgIpc) is 3.01. The fourth-order valence-electron chi connectivity index (χ4n) is 2.01. The molecule has 6 heteroatoms. The second kappa shape index (κ2) is 6.84. The van der Waals surface area contributed by atoms with Crippen LogP contribution in [0.4, 0.5) is 0 Å². The number of nitrogens with zero attached hydrogens (tertiary/aromatic N) is 2. The van der Waals surface area contributed by atoms with E-state index < -0.39 is 0 Å². The minimum Gasteiger partial charge on any atom is -0.444 e. The number of aliphatic imine (C=N–C) groups is 1. The third-order valence-corrected chi connectivity index (χ3v) is 4.62. The second-order valence-electron chi connectivity index (χ2n) is 4.69. The summed E-state index contributed by atoms with van der Waals surface area (Å²) >= 11 is 2.04. The Morgan fingerprint density at radius 3 is 2.89 bits per heavy atom. The van der Waals surface area contributed by atoms with Crippen LogP contribution in [0.1, 0.15) is 30.2 Å². The molecule has 19 heavy (non-hydrogen) atoms. The highest BCUT2D eigenvalue weighted by atomic mass is 32.2. The van der Waals surface area contributed by atoms with Crippen LogP contribution in [0.15, 0.2) is 9.41 Å². The van der Waals surface area contributed by atoms with Crippen LogP contribution in [-0.2, 0) is 6.54 Å². The van der Waals surface area contributed by atoms with Gasteiger partial charge in [0, 0.05) is 18.8 Å². The van der Waals surface area contributed by atoms with Gasteiger partial charge >= 0.3 is 0 Å². The Kier molecular flexibility index (Phi) is 5.13. The fraction of sp³-hybridized carbons (Fsp3) is 0.692. The lowest BCUT2D eigenvalue weighted by Gasteiger charge is -2.13. The van der Waals surface area contributed by atoms with E-state index >= 15 is 0 Å². The second-order valence-corrected chi connectivity index (χ2v) is 6.10. The van der Waals surface area contributed by atoms with Crippen molar-refractivity contribution in [1.29, 1.82) is 0 Å². The predicted octanol–water partition coefficient (Wildman–Crippen LogP) is 1.85. The van der Waals surface area contributed by atoms with E-state index in [1.165, 1.54) is 18.6 Å². The first-order chi connectivity index (χ1) is 9.19. The molecule has 0 spiro atoms. The van der Waals surface area contributed by atoms with Gasteiger partial charge in [0.1, 0.15) is 5.76 Å². The maximum absolute atomic E-state index is 5.53. The van der Waals surface area contributed by atoms with Gasteiger partial charge in [-0.1, -0.05) is 0 Å². The number of oxazole rings is 1. The van der Waals surface area contributed by atoms with Crippen LogP contribution in [0, 0.1) is 13.8 Å². The smallest absolute Gasteiger partial charge is 0.214 e. The Morgan fingerprint density at radius 1 is 1.47 bits per heavy atom. The van der Waals surface area contributed by atoms with Crippen molar-refractivity contribution in [3.05, 3.63) is 17.3 Å². The molecule has 1 unspecified atom stereocenters. The number of hydrogen-bond donors (Lipinski definition) is 2. The van der Waals surface area contributed by atoms with Crippen molar-refractivity contribution in [2.45, 2.75) is 38.5 Å². The lowest BCUT2D eigenvalue weighted by Crippen LogP contribution is -2.39. The molecule has 5 nitrogen and oxygen atoms in total. The Balaban J connectivity index is 1.76. The van der Waals surface area contributed by atoms with Gasteiger partial charge in [-0.25, -0.2) is 4.98 Å². The molecule has 1 aromatic rings. The molecule has 0 bridgehead atoms. The van der Waals surface area contributed by atoms with E-state index in [2.05, 4.69) is 20.6 Å². The van der Waals surface area contributed by atoms with Gasteiger partial charge in [-0.05, 0) is 32.4 Å². The van der Waals surface area contributed by atoms with Crippen LogP contribution in [0.2, 0.25) is 0 Å². The van der Waals surface area contributed by atoms with Crippen molar-refractivity contribution >= 4 is 17.7 Å². The van der Waals surface area contributed by atoms with Gasteiger partial charge in [-0.15, -0.1) is 0 Å². The minimum absolute atomic E-state index is 0.562. The van der Waals surface area contributed by atoms with Crippen molar-refractivity contribution in [2.75, 3.05) is 19.3 Å². The first kappa shape index (κ1) is 14.2. The Hall–Kier alpha value is -1.17. The summed E-state index contributed by atoms with van der Waals surface area (Å²) in [6.45, 7) is 5.41. The maximum Gasteiger partial charge on any atom is 0.214 e. The van der Waals surface area contributed by atoms with Gasteiger partial charge in [0.25, 0.3) is 0 Å². The maximum atomic E-state index is 5.53. The zero-order valence-electron chi connectivity index (χ0n) is 11.8. The number of thioether (sulfide) groups is 1. The number of guanidine groups is 1. The van der Waals surface area contributed by atoms with E-state index in [0.717, 1.165) is 24.0 Å². The Morgan fingerprint density at radius 2 is 2.32 bits per heavy atom. The van der Waals surface area contributed by atoms with Crippen LogP contribution < -0.4 is 10.6 Å². The van der Waals surface area contributed by atoms with E-state index in [4.69, 9.17) is 4.42 Å². The summed E-state index contributed by atoms with van der Waals surface area (Å²) in [5.41, 5.74) is 0.946. The molecule has 2 N–H and O–H groups in total. The lowest BCUT2D eigenvalue weighted by atomic mass is 10.2. The summed E-state index contributed by atoms with van der Waals surface area (Å²) in [6.07, 6.45) is 2.63. The summed E-state index contributed by atoms with van der Waals surface area (Å²) in [7, 11) is 1.78. The van der Waals surface area contributed by atoms with Crippen LogP contribution in [0.25, 0.3) is 0 Å². The minimum atomic E-state index is 0.562. The topological polar surface area (TPSA) is 62.5 Å². The fourth-order valence-corrected chi connectivity index (χ4v) is 3.21. The van der Waals surface area contributed by atoms with Crippen LogP contribution in [-0.4, -0.2) is 35.5 Å². The van der Waals surface area contributed by atoms with Crippen molar-refractivity contribution in [3.8, 4) is 0 Å². The number of aryl methyl sites for hydroxylation is 2. The third kappa shape index (κ3) is 4.16. The number of aromatic nitrogens is 1. The standard InChI is InChI=1S/C13H22N4OS/c1-9-10(2)18-12(17-9)8-16-13(14-3)15-7-11-5-4-6-19-11/h11H,4-8H2,1-3H3,(H2,14,15,16). The Bertz CT molecular complexity index is 418. The first-order valence-electron chi connectivity index (χ1n) is 6.68. The zero-order valence-corrected chi connectivity index (χ0v) is 12.6. The van der Waals surface area contributed by atoms with Gasteiger partial charge in [0.2, 0.25) is 5.89 Å². The SMILES string of the molecule is CN=C(NCc1nc(C)c(C)o1)NCC1CCCS1. The molecule has 1 atom stereocenters. The van der Waals surface area contributed by atoms with Crippen LogP contribution in [0.5, 0.6) is 0 Å². The van der Waals surface area contributed by atoms with Gasteiger partial charge in [-0.3, -0.25) is 4.99 Å². The van der Waals surface area contributed by atoms with E-state index in [9.17, 15) is 0 Å². The number of nitrogens with one attached hydrogen (secondary N) is 2. The Labute approximate surface area is 118 Å². The molecule has 2 rings (SSSR count). The van der Waals surface area contributed by atoms with Crippen molar-refractivity contribution < 1.29 is 4.42 Å². The van der Waals surface area contributed by atoms with Gasteiger partial charge in [0.15, 0.2) is 5.96 Å². The molecule has 1 aromatic heterocycles. The number of hydrogen-bond acceptors (Lipinski definition) is 4. The largest absolute Gasteiger partial charge is 0.444 e. The van der Waals surface area contributed by atoms with Crippen LogP contribution >= 0.6 is 11.8 Å². The summed E-state index contributed by atoms with van der Waals surface area (Å²) in [5, 5.41) is 7.29. The summed E-state index contributed by atoms with van der Waals surface area (Å²) in [4.78, 5) is 8.55. The molecule has 1 aliphatic rings. The molecular weight excluding hydrogens is 260 g/mol. The molecule has 106 valence electrons. The van der Waals surface area contributed by atoms with Gasteiger partial charge in [0.05, 0.1) is 12.2 Å². The normalized spacial score (nSPS) is 19.7. The van der Waals surface area contributed by atoms with E-state index in [1.807, 2.05) is 25.6 Å². The number of rotatable bonds is 4. The molecule has 0 radical (unpaired) electrons. The van der Waals surface area contributed by atoms with E-state index in [1.54, 1.807) is 7.05 Å². The predicted molar refractivity (Wildman–Crippen MR) is 79.7 cm³/mol. The molecule has 0 amide bonds. The van der Waals surface area contributed by atoms with E-state index in [0.29, 0.717) is 17.7 Å². The van der Waals surface area contributed by atoms with Gasteiger partial charge in [-0.2, -0.15) is 11.8 Å². The van der Waals surface area contributed by atoms with Crippen molar-refractivity contribution in [3.63, 3.8) is 0 Å². The molecule has 0 aliphatic carbocycles. The highest BCUT2D eigenvalue weighted by Crippen LogP contribution is 2.25. The first-order valence-corrected chi connectivity index (χ1v) is 7.73. The molecule has 0 saturated carbocycles. The van der Waals surface area contributed by atoms with Crippen molar-refractivity contribution in [2.24, 2.45) is 4.99 Å². The molecule has 1 aliphatic heterocycles. The van der Waals surface area contributed by atoms with Gasteiger partial charge < -0.3 is 15.1 Å². The highest BCUT2D eigenvalue weighted by molar-refractivity contribution is 8.00. The quantitative estimate of drug-likeness (QED) is 0.652. The molecule has 0 aromatic carbocycles. The van der Waals surface area contributed by atoms with Crippen LogP contribution in [0.3, 0.4) is 0 Å². The average molecular weight is 282 g/mol. The summed E-state index contributed by atoms with van der Waals surface area (Å²) in [5.74, 6) is 3.67. The monoisotopic (exact) mass is 282 g/mol. The van der Waals surface area contributed by atoms with Crippen molar-refractivity contribution in [1.82, 2.24) is 15.6 Å². The molecule has 1 saturated heterocycles.